The topological polar surface area (TPSA) is 72.2 Å². The van der Waals surface area contributed by atoms with Crippen LogP contribution in [0.25, 0.3) is 11.0 Å². The van der Waals surface area contributed by atoms with Crippen molar-refractivity contribution in [2.45, 2.75) is 64.2 Å². The molecule has 0 amide bonds. The molecule has 2 aromatic heterocycles. The maximum atomic E-state index is 16.1. The van der Waals surface area contributed by atoms with Crippen LogP contribution in [-0.4, -0.2) is 32.1 Å². The van der Waals surface area contributed by atoms with E-state index in [4.69, 9.17) is 4.36 Å². The highest BCUT2D eigenvalue weighted by molar-refractivity contribution is 7.87. The highest BCUT2D eigenvalue weighted by atomic mass is 32.2. The summed E-state index contributed by atoms with van der Waals surface area (Å²) < 4.78 is 62.8. The average Bonchev–Trinajstić information content (AvgIpc) is 3.72. The lowest BCUT2D eigenvalue weighted by molar-refractivity contribution is 0.146. The van der Waals surface area contributed by atoms with Crippen molar-refractivity contribution in [1.82, 2.24) is 14.5 Å². The highest BCUT2D eigenvalue weighted by Crippen LogP contribution is 2.38. The zero-order chi connectivity index (χ0) is 26.7. The number of aryl methyl sites for hydroxylation is 1. The van der Waals surface area contributed by atoms with Crippen LogP contribution in [0.15, 0.2) is 39.8 Å². The molecule has 3 heterocycles. The molecule has 2 fully saturated rings. The Kier molecular flexibility index (Phi) is 8.30. The van der Waals surface area contributed by atoms with E-state index in [1.165, 1.54) is 36.1 Å². The van der Waals surface area contributed by atoms with Crippen molar-refractivity contribution in [3.8, 4) is 0 Å². The predicted molar refractivity (Wildman–Crippen MR) is 139 cm³/mol. The van der Waals surface area contributed by atoms with E-state index >= 15 is 4.39 Å². The Morgan fingerprint density at radius 1 is 1.22 bits per heavy atom. The van der Waals surface area contributed by atoms with Gasteiger partial charge in [-0.15, -0.1) is 10.7 Å². The van der Waals surface area contributed by atoms with Crippen molar-refractivity contribution < 1.29 is 17.6 Å². The van der Waals surface area contributed by atoms with E-state index in [9.17, 15) is 18.0 Å². The van der Waals surface area contributed by atoms with Gasteiger partial charge in [0.1, 0.15) is 29.3 Å². The van der Waals surface area contributed by atoms with Gasteiger partial charge in [-0.2, -0.15) is 0 Å². The van der Waals surface area contributed by atoms with Crippen LogP contribution in [0.3, 0.4) is 0 Å². The summed E-state index contributed by atoms with van der Waals surface area (Å²) in [5.41, 5.74) is -2.53. The number of benzene rings is 1. The number of hydrogen-bond acceptors (Lipinski definition) is 5. The molecule has 1 saturated carbocycles. The van der Waals surface area contributed by atoms with E-state index in [-0.39, 0.29) is 47.0 Å². The molecule has 1 N–H and O–H groups in total. The second kappa shape index (κ2) is 11.3. The van der Waals surface area contributed by atoms with Gasteiger partial charge in [-0.25, -0.2) is 27.5 Å². The summed E-state index contributed by atoms with van der Waals surface area (Å²) in [7, 11) is 1.37. The predicted octanol–water partition coefficient (Wildman–Crippen LogP) is 5.97. The first-order chi connectivity index (χ1) is 17.8. The molecule has 0 atom stereocenters. The van der Waals surface area contributed by atoms with E-state index in [0.29, 0.717) is 28.6 Å². The standard InChI is InChI=1S/C24H25F4N5OS.C2H6/c1-33-22-17(11-18(23(33)34)24(28)7-9-35(10-8-24)32-15-5-6-15)21(30-13-31-22)29-12-14-3-2-4-16(19(14)25)20(26)27;1-2/h2-4,11,13,15,20H,5-10,12H2,1H3,(H,29,30,31);1-2H3. The summed E-state index contributed by atoms with van der Waals surface area (Å²) in [6.45, 7) is 3.88. The van der Waals surface area contributed by atoms with Crippen molar-refractivity contribution in [3.63, 3.8) is 0 Å². The number of halogens is 4. The van der Waals surface area contributed by atoms with Gasteiger partial charge in [-0.3, -0.25) is 13.7 Å². The molecular weight excluding hydrogens is 506 g/mol. The monoisotopic (exact) mass is 537 g/mol. The van der Waals surface area contributed by atoms with E-state index in [2.05, 4.69) is 15.3 Å². The van der Waals surface area contributed by atoms with E-state index in [1.807, 2.05) is 13.8 Å². The van der Waals surface area contributed by atoms with Crippen LogP contribution in [0.1, 0.15) is 62.6 Å². The summed E-state index contributed by atoms with van der Waals surface area (Å²) in [5.74, 6) is 0.504. The zero-order valence-electron chi connectivity index (χ0n) is 21.1. The van der Waals surface area contributed by atoms with Crippen LogP contribution in [0.2, 0.25) is 0 Å². The second-order valence-corrected chi connectivity index (χ2v) is 11.0. The fourth-order valence-corrected chi connectivity index (χ4v) is 6.53. The quantitative estimate of drug-likeness (QED) is 0.394. The van der Waals surface area contributed by atoms with Crippen LogP contribution in [0.5, 0.6) is 0 Å². The summed E-state index contributed by atoms with van der Waals surface area (Å²) in [6.07, 6.45) is 0.973. The molecule has 1 aliphatic heterocycles. The molecule has 0 radical (unpaired) electrons. The van der Waals surface area contributed by atoms with E-state index < -0.39 is 29.0 Å². The van der Waals surface area contributed by atoms with Crippen LogP contribution >= 0.6 is 0 Å². The van der Waals surface area contributed by atoms with Crippen molar-refractivity contribution in [3.05, 3.63) is 63.5 Å². The van der Waals surface area contributed by atoms with Crippen LogP contribution < -0.4 is 10.9 Å². The number of rotatable bonds is 6. The Balaban J connectivity index is 0.00000156. The largest absolute Gasteiger partial charge is 0.365 e. The van der Waals surface area contributed by atoms with Gasteiger partial charge in [0, 0.05) is 30.7 Å². The smallest absolute Gasteiger partial charge is 0.266 e. The number of pyridine rings is 1. The highest BCUT2D eigenvalue weighted by Gasteiger charge is 2.39. The summed E-state index contributed by atoms with van der Waals surface area (Å²) in [5, 5.41) is 3.35. The van der Waals surface area contributed by atoms with E-state index in [1.54, 1.807) is 0 Å². The molecular formula is C26H31F4N5OS. The van der Waals surface area contributed by atoms with Gasteiger partial charge in [0.25, 0.3) is 12.0 Å². The number of hydrogen-bond donors (Lipinski definition) is 1. The molecule has 1 saturated heterocycles. The fraction of sp³-hybridized carbons (Fsp3) is 0.500. The lowest BCUT2D eigenvalue weighted by Crippen LogP contribution is -2.37. The molecule has 2 aliphatic rings. The minimum atomic E-state index is -2.93. The Morgan fingerprint density at radius 2 is 1.92 bits per heavy atom. The summed E-state index contributed by atoms with van der Waals surface area (Å²) in [6, 6.07) is 5.71. The van der Waals surface area contributed by atoms with Crippen molar-refractivity contribution in [2.75, 3.05) is 16.8 Å². The molecule has 11 heteroatoms. The third kappa shape index (κ3) is 5.71. The first-order valence-corrected chi connectivity index (χ1v) is 14.0. The van der Waals surface area contributed by atoms with Gasteiger partial charge in [0.2, 0.25) is 0 Å². The number of alkyl halides is 3. The number of aromatic nitrogens is 3. The van der Waals surface area contributed by atoms with Gasteiger partial charge >= 0.3 is 0 Å². The second-order valence-electron chi connectivity index (χ2n) is 9.03. The normalized spacial score (nSPS) is 21.5. The molecule has 5 rings (SSSR count). The van der Waals surface area contributed by atoms with Gasteiger partial charge in [0.15, 0.2) is 0 Å². The molecule has 1 aliphatic carbocycles. The van der Waals surface area contributed by atoms with Crippen molar-refractivity contribution >= 4 is 27.5 Å². The first kappa shape index (κ1) is 27.2. The third-order valence-electron chi connectivity index (χ3n) is 6.59. The van der Waals surface area contributed by atoms with Crippen LogP contribution in [0.4, 0.5) is 23.4 Å². The first-order valence-electron chi connectivity index (χ1n) is 12.5. The molecule has 0 spiro atoms. The minimum absolute atomic E-state index is 0.0419. The van der Waals surface area contributed by atoms with Gasteiger partial charge in [0.05, 0.1) is 22.6 Å². The molecule has 1 aromatic carbocycles. The summed E-state index contributed by atoms with van der Waals surface area (Å²) in [4.78, 5) is 21.5. The minimum Gasteiger partial charge on any atom is -0.365 e. The summed E-state index contributed by atoms with van der Waals surface area (Å²) >= 11 is 0. The fourth-order valence-electron chi connectivity index (χ4n) is 4.37. The molecule has 0 unspecified atom stereocenters. The Labute approximate surface area is 215 Å². The third-order valence-corrected chi connectivity index (χ3v) is 8.54. The maximum absolute atomic E-state index is 16.1. The zero-order valence-corrected chi connectivity index (χ0v) is 21.9. The average molecular weight is 538 g/mol. The van der Waals surface area contributed by atoms with Crippen molar-refractivity contribution in [2.24, 2.45) is 11.4 Å². The number of nitrogens with one attached hydrogen (secondary N) is 1. The molecule has 0 bridgehead atoms. The molecule has 6 nitrogen and oxygen atoms in total. The number of fused-ring (bicyclic) bond motifs is 1. The molecule has 3 aromatic rings. The lowest BCUT2D eigenvalue weighted by atomic mass is 9.90. The van der Waals surface area contributed by atoms with Gasteiger partial charge < -0.3 is 5.32 Å². The van der Waals surface area contributed by atoms with Gasteiger partial charge in [-0.1, -0.05) is 32.0 Å². The number of nitrogens with zero attached hydrogens (tertiary/aromatic N) is 4. The van der Waals surface area contributed by atoms with Crippen LogP contribution in [-0.2, 0) is 30.0 Å². The van der Waals surface area contributed by atoms with Crippen LogP contribution in [0, 0.1) is 5.82 Å². The molecule has 37 heavy (non-hydrogen) atoms. The van der Waals surface area contributed by atoms with Gasteiger partial charge in [-0.05, 0) is 31.7 Å². The Hall–Kier alpha value is -2.82. The Bertz CT molecular complexity index is 1360. The SMILES string of the molecule is CC.Cn1c(=O)c(C2(F)CCS(=NC3CC3)CC2)cc2c(NCc3cccc(C(F)F)c3F)ncnc21. The maximum Gasteiger partial charge on any atom is 0.266 e. The lowest BCUT2D eigenvalue weighted by Gasteiger charge is -2.31. The van der Waals surface area contributed by atoms with Crippen molar-refractivity contribution in [1.29, 1.82) is 0 Å². The molecule has 200 valence electrons. The number of anilines is 1. The van der Waals surface area contributed by atoms with E-state index in [0.717, 1.165) is 18.9 Å². The Morgan fingerprint density at radius 3 is 2.57 bits per heavy atom.